The summed E-state index contributed by atoms with van der Waals surface area (Å²) in [7, 11) is 0. The van der Waals surface area contributed by atoms with Crippen molar-refractivity contribution in [2.45, 2.75) is 71.9 Å². The Balaban J connectivity index is 1.93. The SMILES string of the molecule is CC(C)COCCN1CC2(CCCC2)NCC1C(C)(C)C. The van der Waals surface area contributed by atoms with Crippen LogP contribution in [0.4, 0.5) is 0 Å². The van der Waals surface area contributed by atoms with Gasteiger partial charge >= 0.3 is 0 Å². The lowest BCUT2D eigenvalue weighted by atomic mass is 9.81. The summed E-state index contributed by atoms with van der Waals surface area (Å²) in [5.74, 6) is 0.632. The summed E-state index contributed by atoms with van der Waals surface area (Å²) in [6, 6.07) is 0.617. The molecule has 1 saturated carbocycles. The van der Waals surface area contributed by atoms with Crippen LogP contribution < -0.4 is 5.32 Å². The molecule has 0 aromatic carbocycles. The highest BCUT2D eigenvalue weighted by Gasteiger charge is 2.43. The molecule has 2 fully saturated rings. The Hall–Kier alpha value is -0.120. The number of hydrogen-bond donors (Lipinski definition) is 1. The largest absolute Gasteiger partial charge is 0.380 e. The maximum Gasteiger partial charge on any atom is 0.0593 e. The smallest absolute Gasteiger partial charge is 0.0593 e. The summed E-state index contributed by atoms with van der Waals surface area (Å²) >= 11 is 0. The first-order valence-electron chi connectivity index (χ1n) is 8.89. The molecule has 1 heterocycles. The van der Waals surface area contributed by atoms with E-state index in [4.69, 9.17) is 4.74 Å². The van der Waals surface area contributed by atoms with Crippen molar-refractivity contribution in [3.05, 3.63) is 0 Å². The number of nitrogens with zero attached hydrogens (tertiary/aromatic N) is 1. The van der Waals surface area contributed by atoms with Gasteiger partial charge in [0.25, 0.3) is 0 Å². The summed E-state index contributed by atoms with van der Waals surface area (Å²) in [5.41, 5.74) is 0.727. The summed E-state index contributed by atoms with van der Waals surface area (Å²) < 4.78 is 5.85. The fourth-order valence-corrected chi connectivity index (χ4v) is 3.97. The van der Waals surface area contributed by atoms with Crippen LogP contribution in [0.2, 0.25) is 0 Å². The first-order chi connectivity index (χ1) is 9.82. The predicted octanol–water partition coefficient (Wildman–Crippen LogP) is 3.29. The van der Waals surface area contributed by atoms with E-state index < -0.39 is 0 Å². The van der Waals surface area contributed by atoms with Crippen molar-refractivity contribution in [2.75, 3.05) is 32.8 Å². The molecule has 1 aliphatic heterocycles. The number of ether oxygens (including phenoxy) is 1. The molecule has 0 amide bonds. The molecule has 1 saturated heterocycles. The predicted molar refractivity (Wildman–Crippen MR) is 89.7 cm³/mol. The van der Waals surface area contributed by atoms with Crippen LogP contribution in [0.1, 0.15) is 60.3 Å². The third-order valence-corrected chi connectivity index (χ3v) is 5.15. The van der Waals surface area contributed by atoms with Gasteiger partial charge < -0.3 is 10.1 Å². The molecular weight excluding hydrogens is 260 g/mol. The van der Waals surface area contributed by atoms with Gasteiger partial charge in [0.15, 0.2) is 0 Å². The molecule has 0 bridgehead atoms. The van der Waals surface area contributed by atoms with Crippen LogP contribution in [0.5, 0.6) is 0 Å². The van der Waals surface area contributed by atoms with Crippen molar-refractivity contribution in [3.63, 3.8) is 0 Å². The van der Waals surface area contributed by atoms with Gasteiger partial charge in [-0.15, -0.1) is 0 Å². The van der Waals surface area contributed by atoms with E-state index in [1.165, 1.54) is 32.2 Å². The number of nitrogens with one attached hydrogen (secondary N) is 1. The minimum absolute atomic E-state index is 0.325. The molecule has 0 radical (unpaired) electrons. The van der Waals surface area contributed by atoms with Gasteiger partial charge in [0.2, 0.25) is 0 Å². The van der Waals surface area contributed by atoms with E-state index in [9.17, 15) is 0 Å². The van der Waals surface area contributed by atoms with Gasteiger partial charge in [0.1, 0.15) is 0 Å². The molecule has 3 heteroatoms. The molecule has 124 valence electrons. The van der Waals surface area contributed by atoms with Gasteiger partial charge in [0, 0.05) is 37.8 Å². The van der Waals surface area contributed by atoms with E-state index in [1.807, 2.05) is 0 Å². The van der Waals surface area contributed by atoms with Gasteiger partial charge in [-0.25, -0.2) is 0 Å². The van der Waals surface area contributed by atoms with Crippen LogP contribution in [-0.4, -0.2) is 49.3 Å². The van der Waals surface area contributed by atoms with Crippen LogP contribution >= 0.6 is 0 Å². The molecule has 1 unspecified atom stereocenters. The maximum atomic E-state index is 5.85. The lowest BCUT2D eigenvalue weighted by Gasteiger charge is -2.50. The molecule has 1 atom stereocenters. The molecule has 2 aliphatic rings. The Morgan fingerprint density at radius 1 is 1.24 bits per heavy atom. The summed E-state index contributed by atoms with van der Waals surface area (Å²) in [6.07, 6.45) is 5.50. The highest BCUT2D eigenvalue weighted by Crippen LogP contribution is 2.36. The van der Waals surface area contributed by atoms with E-state index in [0.717, 1.165) is 26.3 Å². The quantitative estimate of drug-likeness (QED) is 0.788. The van der Waals surface area contributed by atoms with Crippen LogP contribution in [0.15, 0.2) is 0 Å². The Morgan fingerprint density at radius 3 is 2.48 bits per heavy atom. The van der Waals surface area contributed by atoms with Gasteiger partial charge in [-0.3, -0.25) is 4.90 Å². The van der Waals surface area contributed by atoms with Crippen molar-refractivity contribution in [1.82, 2.24) is 10.2 Å². The van der Waals surface area contributed by atoms with Crippen molar-refractivity contribution in [3.8, 4) is 0 Å². The molecule has 1 N–H and O–H groups in total. The minimum atomic E-state index is 0.325. The van der Waals surface area contributed by atoms with E-state index in [0.29, 0.717) is 22.9 Å². The van der Waals surface area contributed by atoms with E-state index in [1.54, 1.807) is 0 Å². The lowest BCUT2D eigenvalue weighted by molar-refractivity contribution is -0.00133. The summed E-state index contributed by atoms with van der Waals surface area (Å²) in [4.78, 5) is 2.71. The first-order valence-corrected chi connectivity index (χ1v) is 8.89. The zero-order valence-corrected chi connectivity index (χ0v) is 14.9. The average molecular weight is 296 g/mol. The molecule has 1 spiro atoms. The molecule has 2 rings (SSSR count). The van der Waals surface area contributed by atoms with Crippen LogP contribution in [-0.2, 0) is 4.74 Å². The molecule has 1 aliphatic carbocycles. The maximum absolute atomic E-state index is 5.85. The highest BCUT2D eigenvalue weighted by molar-refractivity contribution is 5.03. The standard InChI is InChI=1S/C18H36N2O/c1-15(2)13-21-11-10-20-14-18(8-6-7-9-18)19-12-16(20)17(3,4)5/h15-16,19H,6-14H2,1-5H3. The number of hydrogen-bond acceptors (Lipinski definition) is 3. The molecule has 0 aromatic heterocycles. The van der Waals surface area contributed by atoms with E-state index in [-0.39, 0.29) is 0 Å². The first kappa shape index (κ1) is 17.2. The van der Waals surface area contributed by atoms with Crippen molar-refractivity contribution in [1.29, 1.82) is 0 Å². The Labute approximate surface area is 131 Å². The van der Waals surface area contributed by atoms with Crippen LogP contribution in [0, 0.1) is 11.3 Å². The Kier molecular flexibility index (Phi) is 5.72. The van der Waals surface area contributed by atoms with E-state index >= 15 is 0 Å². The minimum Gasteiger partial charge on any atom is -0.380 e. The van der Waals surface area contributed by atoms with E-state index in [2.05, 4.69) is 44.8 Å². The molecule has 0 aromatic rings. The van der Waals surface area contributed by atoms with Crippen LogP contribution in [0.25, 0.3) is 0 Å². The number of piperazine rings is 1. The van der Waals surface area contributed by atoms with Crippen molar-refractivity contribution >= 4 is 0 Å². The van der Waals surface area contributed by atoms with Crippen molar-refractivity contribution < 1.29 is 4.74 Å². The second-order valence-corrected chi connectivity index (χ2v) is 8.69. The molecular formula is C18H36N2O. The fourth-order valence-electron chi connectivity index (χ4n) is 3.97. The average Bonchev–Trinajstić information content (AvgIpc) is 2.81. The monoisotopic (exact) mass is 296 g/mol. The van der Waals surface area contributed by atoms with Gasteiger partial charge in [-0.1, -0.05) is 47.5 Å². The normalized spacial score (nSPS) is 26.9. The zero-order valence-electron chi connectivity index (χ0n) is 14.9. The van der Waals surface area contributed by atoms with Gasteiger partial charge in [0.05, 0.1) is 6.61 Å². The third-order valence-electron chi connectivity index (χ3n) is 5.15. The fraction of sp³-hybridized carbons (Fsp3) is 1.00. The molecule has 21 heavy (non-hydrogen) atoms. The topological polar surface area (TPSA) is 24.5 Å². The molecule has 3 nitrogen and oxygen atoms in total. The highest BCUT2D eigenvalue weighted by atomic mass is 16.5. The second-order valence-electron chi connectivity index (χ2n) is 8.69. The second kappa shape index (κ2) is 6.97. The lowest BCUT2D eigenvalue weighted by Crippen LogP contribution is -2.66. The zero-order chi connectivity index (χ0) is 15.5. The Morgan fingerprint density at radius 2 is 1.90 bits per heavy atom. The number of rotatable bonds is 5. The summed E-state index contributed by atoms with van der Waals surface area (Å²) in [6.45, 7) is 16.7. The third kappa shape index (κ3) is 4.67. The van der Waals surface area contributed by atoms with Gasteiger partial charge in [-0.05, 0) is 24.2 Å². The summed E-state index contributed by atoms with van der Waals surface area (Å²) in [5, 5.41) is 3.91. The van der Waals surface area contributed by atoms with Gasteiger partial charge in [-0.2, -0.15) is 0 Å². The van der Waals surface area contributed by atoms with Crippen molar-refractivity contribution in [2.24, 2.45) is 11.3 Å². The van der Waals surface area contributed by atoms with Crippen LogP contribution in [0.3, 0.4) is 0 Å². The Bertz CT molecular complexity index is 316.